The molecule has 228 valence electrons. The summed E-state index contributed by atoms with van der Waals surface area (Å²) >= 11 is 0. The van der Waals surface area contributed by atoms with Crippen LogP contribution in [-0.4, -0.2) is 29.0 Å². The van der Waals surface area contributed by atoms with Crippen molar-refractivity contribution in [3.8, 4) is 5.75 Å². The van der Waals surface area contributed by atoms with E-state index in [4.69, 9.17) is 4.74 Å². The number of carbonyl (C=O) groups is 3. The van der Waals surface area contributed by atoms with E-state index in [2.05, 4.69) is 46.0 Å². The van der Waals surface area contributed by atoms with E-state index in [1.165, 1.54) is 12.0 Å². The van der Waals surface area contributed by atoms with Crippen molar-refractivity contribution in [1.82, 2.24) is 5.32 Å². The maximum atomic E-state index is 13.0. The van der Waals surface area contributed by atoms with E-state index < -0.39 is 52.4 Å². The highest BCUT2D eigenvalue weighted by Gasteiger charge is 2.35. The van der Waals surface area contributed by atoms with Gasteiger partial charge in [0.25, 0.3) is 0 Å². The lowest BCUT2D eigenvalue weighted by Crippen LogP contribution is -2.49. The van der Waals surface area contributed by atoms with Gasteiger partial charge in [-0.25, -0.2) is 9.59 Å². The summed E-state index contributed by atoms with van der Waals surface area (Å²) in [6.07, 6.45) is -0.539. The summed E-state index contributed by atoms with van der Waals surface area (Å²) in [7, 11) is 0. The average molecular weight is 572 g/mol. The van der Waals surface area contributed by atoms with Gasteiger partial charge in [0.2, 0.25) is 5.91 Å². The van der Waals surface area contributed by atoms with Gasteiger partial charge in [0.1, 0.15) is 17.4 Å². The quantitative estimate of drug-likeness (QED) is 0.167. The van der Waals surface area contributed by atoms with Crippen molar-refractivity contribution in [2.24, 2.45) is 22.7 Å². The molecule has 0 fully saturated rings. The number of hydrogen-bond acceptors (Lipinski definition) is 4. The summed E-state index contributed by atoms with van der Waals surface area (Å²) in [5.74, 6) is -3.52. The zero-order chi connectivity index (χ0) is 31.6. The number of ether oxygens (including phenoxy) is 1. The van der Waals surface area contributed by atoms with E-state index in [0.29, 0.717) is 24.0 Å². The van der Waals surface area contributed by atoms with Gasteiger partial charge in [-0.2, -0.15) is 13.2 Å². The lowest BCUT2D eigenvalue weighted by Gasteiger charge is -2.28. The molecule has 0 aliphatic heterocycles. The second kappa shape index (κ2) is 15.2. The van der Waals surface area contributed by atoms with Crippen LogP contribution in [0.1, 0.15) is 111 Å². The molecule has 0 aliphatic rings. The lowest BCUT2D eigenvalue weighted by molar-refractivity contribution is -0.142. The Balaban J connectivity index is 0.00000144. The smallest absolute Gasteiger partial charge is 0.416 e. The van der Waals surface area contributed by atoms with Crippen LogP contribution in [0.15, 0.2) is 29.8 Å². The fourth-order valence-corrected chi connectivity index (χ4v) is 3.80. The molecular weight excluding hydrogens is 523 g/mol. The topological polar surface area (TPSA) is 92.7 Å². The van der Waals surface area contributed by atoms with Crippen molar-refractivity contribution in [3.63, 3.8) is 0 Å². The van der Waals surface area contributed by atoms with Crippen LogP contribution >= 0.6 is 0 Å². The van der Waals surface area contributed by atoms with Gasteiger partial charge in [0, 0.05) is 5.41 Å². The van der Waals surface area contributed by atoms with Crippen LogP contribution in [0.4, 0.5) is 13.2 Å². The molecule has 1 amide bonds. The zero-order valence-corrected chi connectivity index (χ0v) is 25.9. The number of esters is 1. The predicted molar refractivity (Wildman–Crippen MR) is 152 cm³/mol. The monoisotopic (exact) mass is 571 g/mol. The number of benzene rings is 1. The normalized spacial score (nSPS) is 12.8. The van der Waals surface area contributed by atoms with Crippen LogP contribution < -0.4 is 10.1 Å². The number of hydrogen-bond donors (Lipinski definition) is 2. The molecule has 9 heteroatoms. The van der Waals surface area contributed by atoms with Gasteiger partial charge in [0.05, 0.1) is 5.56 Å². The summed E-state index contributed by atoms with van der Waals surface area (Å²) in [4.78, 5) is 36.9. The van der Waals surface area contributed by atoms with Gasteiger partial charge in [0.15, 0.2) is 0 Å². The molecule has 0 saturated heterocycles. The molecule has 0 bridgehead atoms. The highest BCUT2D eigenvalue weighted by molar-refractivity contribution is 5.93. The third-order valence-corrected chi connectivity index (χ3v) is 5.70. The Kier molecular flexibility index (Phi) is 14.2. The first-order valence-electron chi connectivity index (χ1n) is 13.6. The van der Waals surface area contributed by atoms with E-state index in [0.717, 1.165) is 6.07 Å². The maximum Gasteiger partial charge on any atom is 0.416 e. The standard InChI is InChI=1S/C22H30F3NO5.C9H18/c1-12(2)9-16(26-20(30)21(5,6)11-13(3)4)19(29)31-17-10-14(22(23,24)25)7-8-15(17)18(27)28;1-8(2)6-7-9(3,4)5/h7-8,10,12-13,16H,9,11H2,1-6H3,(H,26,30)(H,27,28);6H,7H2,1-5H3. The molecule has 1 atom stereocenters. The van der Waals surface area contributed by atoms with E-state index in [9.17, 15) is 32.7 Å². The minimum Gasteiger partial charge on any atom is -0.478 e. The highest BCUT2D eigenvalue weighted by atomic mass is 19.4. The largest absolute Gasteiger partial charge is 0.478 e. The molecule has 1 aromatic rings. The van der Waals surface area contributed by atoms with Gasteiger partial charge in [-0.05, 0) is 68.6 Å². The number of carboxylic acid groups (broad SMARTS) is 1. The molecule has 0 aromatic heterocycles. The maximum absolute atomic E-state index is 13.0. The van der Waals surface area contributed by atoms with Crippen LogP contribution in [0.2, 0.25) is 0 Å². The number of amides is 1. The Labute approximate surface area is 237 Å². The molecule has 6 nitrogen and oxygen atoms in total. The first-order valence-corrected chi connectivity index (χ1v) is 13.6. The van der Waals surface area contributed by atoms with Gasteiger partial charge in [-0.1, -0.05) is 74.0 Å². The van der Waals surface area contributed by atoms with E-state index >= 15 is 0 Å². The number of halogens is 3. The number of rotatable bonds is 10. The predicted octanol–water partition coefficient (Wildman–Crippen LogP) is 8.30. The fraction of sp³-hybridized carbons (Fsp3) is 0.645. The van der Waals surface area contributed by atoms with Crippen LogP contribution in [0, 0.1) is 22.7 Å². The SMILES string of the molecule is CC(C)=CCC(C)(C)C.CC(C)CC(NC(=O)C(C)(C)CC(C)C)C(=O)Oc1cc(C(F)(F)F)ccc1C(=O)O. The minimum absolute atomic E-state index is 0.0495. The first-order chi connectivity index (χ1) is 18.0. The summed E-state index contributed by atoms with van der Waals surface area (Å²) < 4.78 is 44.2. The van der Waals surface area contributed by atoms with Crippen LogP contribution in [0.25, 0.3) is 0 Å². The number of allylic oxidation sites excluding steroid dienone is 2. The lowest BCUT2D eigenvalue weighted by atomic mass is 9.83. The average Bonchev–Trinajstić information content (AvgIpc) is 2.75. The fourth-order valence-electron chi connectivity index (χ4n) is 3.80. The number of carbonyl (C=O) groups excluding carboxylic acids is 2. The van der Waals surface area contributed by atoms with Crippen molar-refractivity contribution < 1.29 is 37.4 Å². The molecule has 0 radical (unpaired) electrons. The van der Waals surface area contributed by atoms with Crippen LogP contribution in [-0.2, 0) is 15.8 Å². The summed E-state index contributed by atoms with van der Waals surface area (Å²) in [5, 5.41) is 11.9. The van der Waals surface area contributed by atoms with Gasteiger partial charge < -0.3 is 15.2 Å². The second-order valence-electron chi connectivity index (χ2n) is 13.1. The molecular formula is C31H48F3NO5. The molecule has 0 aliphatic carbocycles. The number of alkyl halides is 3. The Hall–Kier alpha value is -2.84. The zero-order valence-electron chi connectivity index (χ0n) is 25.9. The van der Waals surface area contributed by atoms with Crippen molar-refractivity contribution in [1.29, 1.82) is 0 Å². The molecule has 1 unspecified atom stereocenters. The summed E-state index contributed by atoms with van der Waals surface area (Å²) in [6.45, 7) is 22.0. The van der Waals surface area contributed by atoms with Crippen molar-refractivity contribution >= 4 is 17.8 Å². The van der Waals surface area contributed by atoms with Crippen molar-refractivity contribution in [2.45, 2.75) is 108 Å². The molecule has 0 saturated carbocycles. The molecule has 1 rings (SSSR count). The number of nitrogens with one attached hydrogen (secondary N) is 1. The Morgan fingerprint density at radius 1 is 0.975 bits per heavy atom. The number of aromatic carboxylic acids is 1. The third kappa shape index (κ3) is 14.5. The van der Waals surface area contributed by atoms with Gasteiger partial charge >= 0.3 is 18.1 Å². The third-order valence-electron chi connectivity index (χ3n) is 5.70. The van der Waals surface area contributed by atoms with Crippen LogP contribution in [0.3, 0.4) is 0 Å². The summed E-state index contributed by atoms with van der Waals surface area (Å²) in [6, 6.07) is 0.659. The first kappa shape index (κ1) is 37.2. The highest BCUT2D eigenvalue weighted by Crippen LogP contribution is 2.33. The Morgan fingerprint density at radius 2 is 1.52 bits per heavy atom. The summed E-state index contributed by atoms with van der Waals surface area (Å²) in [5.41, 5.74) is -0.646. The van der Waals surface area contributed by atoms with E-state index in [-0.39, 0.29) is 18.3 Å². The van der Waals surface area contributed by atoms with Crippen LogP contribution in [0.5, 0.6) is 5.75 Å². The van der Waals surface area contributed by atoms with E-state index in [1.807, 2.05) is 13.8 Å². The van der Waals surface area contributed by atoms with Gasteiger partial charge in [-0.3, -0.25) is 4.79 Å². The molecule has 40 heavy (non-hydrogen) atoms. The van der Waals surface area contributed by atoms with Gasteiger partial charge in [-0.15, -0.1) is 0 Å². The van der Waals surface area contributed by atoms with E-state index in [1.54, 1.807) is 27.7 Å². The number of carboxylic acids is 1. The molecule has 0 heterocycles. The van der Waals surface area contributed by atoms with Crippen molar-refractivity contribution in [2.75, 3.05) is 0 Å². The minimum atomic E-state index is -4.75. The Bertz CT molecular complexity index is 1030. The van der Waals surface area contributed by atoms with Crippen molar-refractivity contribution in [3.05, 3.63) is 41.0 Å². The Morgan fingerprint density at radius 3 is 1.90 bits per heavy atom. The molecule has 2 N–H and O–H groups in total. The molecule has 1 aromatic carbocycles. The second-order valence-corrected chi connectivity index (χ2v) is 13.1. The molecule has 0 spiro atoms.